The summed E-state index contributed by atoms with van der Waals surface area (Å²) in [7, 11) is -3.24. The molecule has 0 aliphatic carbocycles. The molecule has 3 saturated heterocycles. The van der Waals surface area contributed by atoms with E-state index in [-0.39, 0.29) is 11.8 Å². The lowest BCUT2D eigenvalue weighted by molar-refractivity contribution is -0.192. The van der Waals surface area contributed by atoms with Crippen LogP contribution < -0.4 is 0 Å². The molecule has 2 aromatic heterocycles. The number of carbonyl (C=O) groups is 2. The van der Waals surface area contributed by atoms with Gasteiger partial charge in [-0.2, -0.15) is 13.2 Å². The maximum Gasteiger partial charge on any atom is 0.490 e. The van der Waals surface area contributed by atoms with Gasteiger partial charge in [-0.05, 0) is 63.7 Å². The SMILES string of the molecule is CS(=O)(=O)N1CCCC(c2nc(C(=O)N3CCC(N4CCCC4)CC3)c3ccccn23)C1.O=C(O)C(F)(F)F. The first-order valence-electron chi connectivity index (χ1n) is 13.1. The van der Waals surface area contributed by atoms with Crippen molar-refractivity contribution in [3.63, 3.8) is 0 Å². The van der Waals surface area contributed by atoms with Crippen molar-refractivity contribution in [3.05, 3.63) is 35.9 Å². The van der Waals surface area contributed by atoms with Crippen LogP contribution in [0.15, 0.2) is 24.4 Å². The number of halogens is 3. The van der Waals surface area contributed by atoms with E-state index in [2.05, 4.69) is 4.90 Å². The molecule has 5 heterocycles. The fourth-order valence-corrected chi connectivity index (χ4v) is 6.56. The largest absolute Gasteiger partial charge is 0.490 e. The molecule has 216 valence electrons. The van der Waals surface area contributed by atoms with Crippen molar-refractivity contribution in [1.82, 2.24) is 23.5 Å². The van der Waals surface area contributed by atoms with Gasteiger partial charge < -0.3 is 19.3 Å². The molecule has 14 heteroatoms. The molecule has 39 heavy (non-hydrogen) atoms. The number of nitrogens with zero attached hydrogens (tertiary/aromatic N) is 5. The number of aromatic nitrogens is 2. The number of amides is 1. The third-order valence-electron chi connectivity index (χ3n) is 7.65. The molecule has 10 nitrogen and oxygen atoms in total. The average Bonchev–Trinajstić information content (AvgIpc) is 3.57. The Morgan fingerprint density at radius 3 is 2.23 bits per heavy atom. The van der Waals surface area contributed by atoms with Crippen molar-refractivity contribution >= 4 is 27.4 Å². The van der Waals surface area contributed by atoms with Crippen molar-refractivity contribution in [2.24, 2.45) is 0 Å². The summed E-state index contributed by atoms with van der Waals surface area (Å²) in [6.07, 6.45) is 4.42. The first-order valence-corrected chi connectivity index (χ1v) is 15.0. The van der Waals surface area contributed by atoms with Gasteiger partial charge in [0.25, 0.3) is 5.91 Å². The van der Waals surface area contributed by atoms with E-state index < -0.39 is 22.2 Å². The minimum absolute atomic E-state index is 0.00407. The monoisotopic (exact) mass is 573 g/mol. The Balaban J connectivity index is 0.000000448. The van der Waals surface area contributed by atoms with Crippen LogP contribution in [0.1, 0.15) is 60.8 Å². The van der Waals surface area contributed by atoms with E-state index in [0.29, 0.717) is 24.8 Å². The lowest BCUT2D eigenvalue weighted by atomic mass is 9.99. The van der Waals surface area contributed by atoms with Crippen LogP contribution in [0.2, 0.25) is 0 Å². The molecule has 1 unspecified atom stereocenters. The van der Waals surface area contributed by atoms with Crippen LogP contribution in [0.4, 0.5) is 13.2 Å². The minimum Gasteiger partial charge on any atom is -0.475 e. The van der Waals surface area contributed by atoms with Crippen LogP contribution >= 0.6 is 0 Å². The van der Waals surface area contributed by atoms with E-state index in [9.17, 15) is 26.4 Å². The number of likely N-dealkylation sites (tertiary alicyclic amines) is 2. The maximum absolute atomic E-state index is 13.5. The number of hydrogen-bond acceptors (Lipinski definition) is 6. The van der Waals surface area contributed by atoms with E-state index in [4.69, 9.17) is 14.9 Å². The summed E-state index contributed by atoms with van der Waals surface area (Å²) >= 11 is 0. The summed E-state index contributed by atoms with van der Waals surface area (Å²) in [6, 6.07) is 6.41. The average molecular weight is 574 g/mol. The Bertz CT molecular complexity index is 1280. The zero-order valence-corrected chi connectivity index (χ0v) is 22.6. The molecule has 5 rings (SSSR count). The molecule has 2 aromatic rings. The number of hydrogen-bond donors (Lipinski definition) is 1. The summed E-state index contributed by atoms with van der Waals surface area (Å²) in [6.45, 7) is 4.90. The van der Waals surface area contributed by atoms with Gasteiger partial charge in [-0.3, -0.25) is 4.79 Å². The Morgan fingerprint density at radius 2 is 1.64 bits per heavy atom. The maximum atomic E-state index is 13.5. The summed E-state index contributed by atoms with van der Waals surface area (Å²) in [5.74, 6) is -1.98. The minimum atomic E-state index is -5.08. The van der Waals surface area contributed by atoms with Crippen molar-refractivity contribution in [2.45, 2.75) is 56.7 Å². The summed E-state index contributed by atoms with van der Waals surface area (Å²) in [5, 5.41) is 7.12. The number of pyridine rings is 1. The number of rotatable bonds is 4. The summed E-state index contributed by atoms with van der Waals surface area (Å²) < 4.78 is 59.5. The highest BCUT2D eigenvalue weighted by Gasteiger charge is 2.38. The molecule has 1 N–H and O–H groups in total. The molecule has 3 aliphatic heterocycles. The van der Waals surface area contributed by atoms with Crippen molar-refractivity contribution in [3.8, 4) is 0 Å². The van der Waals surface area contributed by atoms with Crippen LogP contribution in [0.25, 0.3) is 5.52 Å². The van der Waals surface area contributed by atoms with Crippen LogP contribution in [0.5, 0.6) is 0 Å². The first-order chi connectivity index (χ1) is 18.4. The van der Waals surface area contributed by atoms with E-state index >= 15 is 0 Å². The van der Waals surface area contributed by atoms with E-state index in [0.717, 1.165) is 50.1 Å². The van der Waals surface area contributed by atoms with E-state index in [1.54, 1.807) is 0 Å². The van der Waals surface area contributed by atoms with Gasteiger partial charge in [0.15, 0.2) is 5.69 Å². The van der Waals surface area contributed by atoms with Gasteiger partial charge in [-0.25, -0.2) is 22.5 Å². The number of carboxylic acid groups (broad SMARTS) is 1. The molecule has 0 spiro atoms. The number of imidazole rings is 1. The Labute approximate surface area is 225 Å². The highest BCUT2D eigenvalue weighted by atomic mass is 32.2. The molecule has 3 fully saturated rings. The number of carbonyl (C=O) groups excluding carboxylic acids is 1. The third-order valence-corrected chi connectivity index (χ3v) is 8.92. The predicted octanol–water partition coefficient (Wildman–Crippen LogP) is 2.81. The number of piperidine rings is 2. The summed E-state index contributed by atoms with van der Waals surface area (Å²) in [4.78, 5) is 31.8. The van der Waals surface area contributed by atoms with Gasteiger partial charge in [-0.1, -0.05) is 6.07 Å². The molecule has 1 amide bonds. The Hall–Kier alpha value is -2.71. The predicted molar refractivity (Wildman–Crippen MR) is 137 cm³/mol. The van der Waals surface area contributed by atoms with Gasteiger partial charge in [0.05, 0.1) is 11.8 Å². The lowest BCUT2D eigenvalue weighted by Gasteiger charge is -2.36. The zero-order chi connectivity index (χ0) is 28.4. The number of carboxylic acids is 1. The van der Waals surface area contributed by atoms with Gasteiger partial charge in [0.1, 0.15) is 5.82 Å². The standard InChI is InChI=1S/C23H33N5O3S.C2HF3O2/c1-32(30,31)27-13-6-7-18(17-27)22-24-21(20-8-2-3-14-28(20)22)23(29)26-15-9-19(10-16-26)25-11-4-5-12-25;3-2(4,5)1(6)7/h2-3,8,14,18-19H,4-7,9-13,15-17H2,1H3;(H,6,7). The second-order valence-corrected chi connectivity index (χ2v) is 12.3. The number of alkyl halides is 3. The molecule has 0 aromatic carbocycles. The Kier molecular flexibility index (Phi) is 8.86. The van der Waals surface area contributed by atoms with Crippen molar-refractivity contribution in [1.29, 1.82) is 0 Å². The molecule has 0 bridgehead atoms. The second-order valence-electron chi connectivity index (χ2n) is 10.3. The molecule has 1 atom stereocenters. The highest BCUT2D eigenvalue weighted by Crippen LogP contribution is 2.30. The smallest absolute Gasteiger partial charge is 0.475 e. The Morgan fingerprint density at radius 1 is 1.00 bits per heavy atom. The van der Waals surface area contributed by atoms with E-state index in [1.165, 1.54) is 36.5 Å². The lowest BCUT2D eigenvalue weighted by Crippen LogP contribution is -2.46. The second kappa shape index (κ2) is 11.8. The zero-order valence-electron chi connectivity index (χ0n) is 21.8. The third kappa shape index (κ3) is 6.90. The van der Waals surface area contributed by atoms with Crippen LogP contribution in [-0.2, 0) is 14.8 Å². The van der Waals surface area contributed by atoms with E-state index in [1.807, 2.05) is 33.7 Å². The molecule has 0 saturated carbocycles. The topological polar surface area (TPSA) is 116 Å². The number of fused-ring (bicyclic) bond motifs is 1. The fraction of sp³-hybridized carbons (Fsp3) is 0.640. The van der Waals surface area contributed by atoms with Gasteiger partial charge >= 0.3 is 12.1 Å². The normalized spacial score (nSPS) is 22.1. The molecule has 0 radical (unpaired) electrons. The highest BCUT2D eigenvalue weighted by molar-refractivity contribution is 7.88. The van der Waals surface area contributed by atoms with Crippen molar-refractivity contribution in [2.75, 3.05) is 45.5 Å². The van der Waals surface area contributed by atoms with Crippen molar-refractivity contribution < 1.29 is 36.3 Å². The van der Waals surface area contributed by atoms with Crippen LogP contribution in [0, 0.1) is 0 Å². The van der Waals surface area contributed by atoms with Gasteiger partial charge in [0, 0.05) is 44.3 Å². The quantitative estimate of drug-likeness (QED) is 0.598. The summed E-state index contributed by atoms with van der Waals surface area (Å²) in [5.41, 5.74) is 1.31. The molecule has 3 aliphatic rings. The van der Waals surface area contributed by atoms with Crippen LogP contribution in [0.3, 0.4) is 0 Å². The molecular formula is C25H34F3N5O5S. The first kappa shape index (κ1) is 29.3. The van der Waals surface area contributed by atoms with Gasteiger partial charge in [-0.15, -0.1) is 0 Å². The fourth-order valence-electron chi connectivity index (χ4n) is 5.65. The number of aliphatic carboxylic acids is 1. The number of sulfonamides is 1. The molecular weight excluding hydrogens is 539 g/mol. The van der Waals surface area contributed by atoms with Gasteiger partial charge in [0.2, 0.25) is 10.0 Å². The van der Waals surface area contributed by atoms with Crippen LogP contribution in [-0.4, -0.2) is 107 Å².